The molecular formula is C16H17NO4. The molecule has 0 radical (unpaired) electrons. The summed E-state index contributed by atoms with van der Waals surface area (Å²) in [6, 6.07) is 4.86. The number of nitrogens with zero attached hydrogens (tertiary/aromatic N) is 1. The predicted octanol–water partition coefficient (Wildman–Crippen LogP) is 1.73. The second-order valence-electron chi connectivity index (χ2n) is 5.51. The Bertz CT molecular complexity index is 623. The van der Waals surface area contributed by atoms with Crippen molar-refractivity contribution in [3.05, 3.63) is 29.3 Å². The number of Topliss-reactive ketones (excluding diaryl/α,β-unsaturated/α-hetero) is 2. The fraction of sp³-hybridized carbons (Fsp3) is 0.438. The first-order valence-electron chi connectivity index (χ1n) is 7.13. The third-order valence-corrected chi connectivity index (χ3v) is 4.23. The molecule has 0 aromatic heterocycles. The molecule has 1 heterocycles. The molecule has 0 N–H and O–H groups in total. The van der Waals surface area contributed by atoms with Gasteiger partial charge in [0.15, 0.2) is 5.78 Å². The number of fused-ring (bicyclic) bond motifs is 1. The van der Waals surface area contributed by atoms with E-state index in [9.17, 15) is 14.4 Å². The molecule has 1 fully saturated rings. The van der Waals surface area contributed by atoms with Gasteiger partial charge in [-0.25, -0.2) is 0 Å². The number of rotatable bonds is 2. The molecular weight excluding hydrogens is 270 g/mol. The van der Waals surface area contributed by atoms with Gasteiger partial charge in [-0.1, -0.05) is 6.07 Å². The molecule has 1 aliphatic heterocycles. The highest BCUT2D eigenvalue weighted by atomic mass is 16.5. The molecule has 1 amide bonds. The van der Waals surface area contributed by atoms with Crippen molar-refractivity contribution in [3.63, 3.8) is 0 Å². The molecule has 110 valence electrons. The fourth-order valence-electron chi connectivity index (χ4n) is 3.15. The van der Waals surface area contributed by atoms with Crippen LogP contribution in [0.3, 0.4) is 0 Å². The Kier molecular flexibility index (Phi) is 3.49. The maximum Gasteiger partial charge on any atom is 0.255 e. The average Bonchev–Trinajstić information content (AvgIpc) is 2.70. The van der Waals surface area contributed by atoms with E-state index in [0.29, 0.717) is 37.1 Å². The molecule has 2 aliphatic rings. The topological polar surface area (TPSA) is 63.7 Å². The summed E-state index contributed by atoms with van der Waals surface area (Å²) < 4.78 is 5.29. The van der Waals surface area contributed by atoms with E-state index in [4.69, 9.17) is 4.74 Å². The van der Waals surface area contributed by atoms with Crippen LogP contribution in [0.5, 0.6) is 5.75 Å². The van der Waals surface area contributed by atoms with Crippen LogP contribution in [0.25, 0.3) is 0 Å². The van der Waals surface area contributed by atoms with Crippen molar-refractivity contribution in [2.24, 2.45) is 0 Å². The average molecular weight is 287 g/mol. The molecule has 21 heavy (non-hydrogen) atoms. The highest BCUT2D eigenvalue weighted by molar-refractivity contribution is 6.06. The largest absolute Gasteiger partial charge is 0.496 e. The van der Waals surface area contributed by atoms with E-state index >= 15 is 0 Å². The van der Waals surface area contributed by atoms with Crippen molar-refractivity contribution in [2.45, 2.75) is 38.3 Å². The number of methoxy groups -OCH3 is 1. The number of benzene rings is 1. The lowest BCUT2D eigenvalue weighted by molar-refractivity contribution is -0.128. The van der Waals surface area contributed by atoms with Gasteiger partial charge >= 0.3 is 0 Å². The quantitative estimate of drug-likeness (QED) is 0.614. The molecule has 1 aliphatic carbocycles. The summed E-state index contributed by atoms with van der Waals surface area (Å²) in [5.74, 6) is 0.360. The molecule has 0 unspecified atom stereocenters. The maximum atomic E-state index is 12.5. The molecule has 1 aromatic rings. The maximum absolute atomic E-state index is 12.5. The molecule has 5 nitrogen and oxygen atoms in total. The van der Waals surface area contributed by atoms with Crippen LogP contribution in [0, 0.1) is 0 Å². The summed E-state index contributed by atoms with van der Waals surface area (Å²) in [6.07, 6.45) is 1.60. The van der Waals surface area contributed by atoms with Crippen molar-refractivity contribution >= 4 is 17.5 Å². The molecule has 1 saturated carbocycles. The Morgan fingerprint density at radius 2 is 2.05 bits per heavy atom. The van der Waals surface area contributed by atoms with Crippen LogP contribution >= 0.6 is 0 Å². The van der Waals surface area contributed by atoms with E-state index in [1.54, 1.807) is 24.1 Å². The van der Waals surface area contributed by atoms with Gasteiger partial charge in [-0.2, -0.15) is 0 Å². The minimum atomic E-state index is -0.485. The Labute approximate surface area is 122 Å². The molecule has 3 rings (SSSR count). The third kappa shape index (κ3) is 2.33. The minimum Gasteiger partial charge on any atom is -0.496 e. The number of amides is 1. The summed E-state index contributed by atoms with van der Waals surface area (Å²) in [5, 5.41) is 0. The van der Waals surface area contributed by atoms with Gasteiger partial charge in [0.2, 0.25) is 0 Å². The smallest absolute Gasteiger partial charge is 0.255 e. The van der Waals surface area contributed by atoms with Gasteiger partial charge in [-0.3, -0.25) is 14.4 Å². The Balaban J connectivity index is 1.90. The van der Waals surface area contributed by atoms with E-state index in [0.717, 1.165) is 5.56 Å². The van der Waals surface area contributed by atoms with Gasteiger partial charge in [0.25, 0.3) is 5.91 Å². The molecule has 0 spiro atoms. The fourth-order valence-corrected chi connectivity index (χ4v) is 3.15. The van der Waals surface area contributed by atoms with Crippen molar-refractivity contribution < 1.29 is 19.1 Å². The first-order valence-corrected chi connectivity index (χ1v) is 7.13. The Morgan fingerprint density at radius 1 is 1.24 bits per heavy atom. The van der Waals surface area contributed by atoms with Crippen LogP contribution in [0.4, 0.5) is 0 Å². The zero-order valence-corrected chi connectivity index (χ0v) is 11.9. The molecule has 5 heteroatoms. The summed E-state index contributed by atoms with van der Waals surface area (Å²) in [4.78, 5) is 37.9. The molecule has 1 atom stereocenters. The predicted molar refractivity (Wildman–Crippen MR) is 75.1 cm³/mol. The second-order valence-corrected chi connectivity index (χ2v) is 5.51. The van der Waals surface area contributed by atoms with Gasteiger partial charge in [-0.05, 0) is 25.0 Å². The van der Waals surface area contributed by atoms with Gasteiger partial charge in [0, 0.05) is 17.5 Å². The summed E-state index contributed by atoms with van der Waals surface area (Å²) in [7, 11) is 1.57. The lowest BCUT2D eigenvalue weighted by Gasteiger charge is -2.25. The second kappa shape index (κ2) is 5.31. The van der Waals surface area contributed by atoms with Crippen molar-refractivity contribution in [2.75, 3.05) is 7.11 Å². The van der Waals surface area contributed by atoms with E-state index in [1.165, 1.54) is 0 Å². The Hall–Kier alpha value is -2.17. The van der Waals surface area contributed by atoms with Gasteiger partial charge in [-0.15, -0.1) is 0 Å². The van der Waals surface area contributed by atoms with Crippen LogP contribution in [-0.4, -0.2) is 35.5 Å². The number of carbonyl (C=O) groups excluding carboxylic acids is 3. The highest BCUT2D eigenvalue weighted by Gasteiger charge is 2.38. The normalized spacial score (nSPS) is 22.2. The number of ether oxygens (including phenoxy) is 1. The van der Waals surface area contributed by atoms with Crippen molar-refractivity contribution in [3.8, 4) is 5.75 Å². The van der Waals surface area contributed by atoms with E-state index in [2.05, 4.69) is 0 Å². The lowest BCUT2D eigenvalue weighted by Crippen LogP contribution is -2.41. The van der Waals surface area contributed by atoms with Crippen LogP contribution in [0.2, 0.25) is 0 Å². The van der Waals surface area contributed by atoms with Gasteiger partial charge < -0.3 is 9.64 Å². The van der Waals surface area contributed by atoms with Crippen LogP contribution < -0.4 is 4.74 Å². The van der Waals surface area contributed by atoms with E-state index < -0.39 is 6.04 Å². The van der Waals surface area contributed by atoms with E-state index in [-0.39, 0.29) is 23.9 Å². The number of carbonyl (C=O) groups is 3. The van der Waals surface area contributed by atoms with Gasteiger partial charge in [0.05, 0.1) is 26.1 Å². The van der Waals surface area contributed by atoms with Crippen LogP contribution in [0.1, 0.15) is 41.6 Å². The van der Waals surface area contributed by atoms with Crippen LogP contribution in [-0.2, 0) is 16.1 Å². The number of ketones is 2. The standard InChI is InChI=1S/C16H17NO4/c1-21-15-7-3-5-11-12(15)9-17(16(11)20)13-6-2-4-10(18)8-14(13)19/h3,5,7,13H,2,4,6,8-9H2,1H3/t13-/m0/s1. The van der Waals surface area contributed by atoms with Gasteiger partial charge in [0.1, 0.15) is 11.5 Å². The molecule has 0 bridgehead atoms. The Morgan fingerprint density at radius 3 is 2.81 bits per heavy atom. The first kappa shape index (κ1) is 13.8. The lowest BCUT2D eigenvalue weighted by atomic mass is 10.1. The number of hydrogen-bond acceptors (Lipinski definition) is 4. The monoisotopic (exact) mass is 287 g/mol. The summed E-state index contributed by atoms with van der Waals surface area (Å²) in [6.45, 7) is 0.378. The summed E-state index contributed by atoms with van der Waals surface area (Å²) in [5.41, 5.74) is 1.42. The third-order valence-electron chi connectivity index (χ3n) is 4.23. The minimum absolute atomic E-state index is 0.0239. The zero-order valence-electron chi connectivity index (χ0n) is 11.9. The van der Waals surface area contributed by atoms with Crippen molar-refractivity contribution in [1.29, 1.82) is 0 Å². The highest BCUT2D eigenvalue weighted by Crippen LogP contribution is 2.33. The summed E-state index contributed by atoms with van der Waals surface area (Å²) >= 11 is 0. The molecule has 1 aromatic carbocycles. The number of hydrogen-bond donors (Lipinski definition) is 0. The van der Waals surface area contributed by atoms with Crippen LogP contribution in [0.15, 0.2) is 18.2 Å². The molecule has 0 saturated heterocycles. The zero-order chi connectivity index (χ0) is 15.0. The van der Waals surface area contributed by atoms with Crippen molar-refractivity contribution in [1.82, 2.24) is 4.90 Å². The first-order chi connectivity index (χ1) is 10.1. The SMILES string of the molecule is COc1cccc2c1CN([C@H]1CCCC(=O)CC1=O)C2=O. The van der Waals surface area contributed by atoms with E-state index in [1.807, 2.05) is 6.07 Å².